The van der Waals surface area contributed by atoms with Crippen molar-refractivity contribution in [3.63, 3.8) is 0 Å². The molecule has 0 saturated carbocycles. The normalized spacial score (nSPS) is 23.3. The monoisotopic (exact) mass is 152 g/mol. The highest BCUT2D eigenvalue weighted by Gasteiger charge is 2.19. The lowest BCUT2D eigenvalue weighted by Crippen LogP contribution is -2.28. The molecule has 11 heavy (non-hydrogen) atoms. The minimum atomic E-state index is 0.305. The van der Waals surface area contributed by atoms with Crippen molar-refractivity contribution in [2.45, 2.75) is 25.3 Å². The van der Waals surface area contributed by atoms with Gasteiger partial charge in [0, 0.05) is 19.5 Å². The van der Waals surface area contributed by atoms with Crippen LogP contribution in [0, 0.1) is 0 Å². The molecule has 0 unspecified atom stereocenters. The maximum atomic E-state index is 5.81. The Bertz CT molecular complexity index is 265. The molecule has 1 aliphatic carbocycles. The molecule has 0 bridgehead atoms. The van der Waals surface area contributed by atoms with Crippen LogP contribution in [0.5, 0.6) is 0 Å². The summed E-state index contributed by atoms with van der Waals surface area (Å²) in [5.74, 6) is 0. The Morgan fingerprint density at radius 1 is 1.64 bits per heavy atom. The minimum Gasteiger partial charge on any atom is -0.327 e. The van der Waals surface area contributed by atoms with E-state index in [0.717, 1.165) is 25.0 Å². The fourth-order valence-corrected chi connectivity index (χ4v) is 1.54. The third-order valence-corrected chi connectivity index (χ3v) is 2.23. The van der Waals surface area contributed by atoms with Gasteiger partial charge in [0.1, 0.15) is 0 Å². The molecule has 2 N–H and O–H groups in total. The summed E-state index contributed by atoms with van der Waals surface area (Å²) < 4.78 is 1.83. The lowest BCUT2D eigenvalue weighted by atomic mass is 9.97. The molecular formula is C7H12N4. The van der Waals surface area contributed by atoms with Crippen molar-refractivity contribution in [2.24, 2.45) is 12.8 Å². The van der Waals surface area contributed by atoms with E-state index >= 15 is 0 Å². The summed E-state index contributed by atoms with van der Waals surface area (Å²) in [6.07, 6.45) is 2.97. The molecule has 0 aromatic carbocycles. The summed E-state index contributed by atoms with van der Waals surface area (Å²) in [7, 11) is 1.92. The molecule has 0 spiro atoms. The molecule has 0 fully saturated rings. The number of fused-ring (bicyclic) bond motifs is 1. The number of rotatable bonds is 0. The molecule has 0 aliphatic heterocycles. The third-order valence-electron chi connectivity index (χ3n) is 2.23. The van der Waals surface area contributed by atoms with Crippen LogP contribution in [0.2, 0.25) is 0 Å². The lowest BCUT2D eigenvalue weighted by Gasteiger charge is -2.16. The van der Waals surface area contributed by atoms with Crippen LogP contribution >= 0.6 is 0 Å². The standard InChI is InChI=1S/C7H12N4/c1-11-7-4-5(8)2-3-6(7)9-10-11/h5H,2-4,8H2,1H3/t5-/m1/s1. The van der Waals surface area contributed by atoms with Crippen LogP contribution in [0.15, 0.2) is 0 Å². The highest BCUT2D eigenvalue weighted by molar-refractivity contribution is 5.15. The first kappa shape index (κ1) is 6.79. The zero-order chi connectivity index (χ0) is 7.84. The maximum Gasteiger partial charge on any atom is 0.0860 e. The zero-order valence-corrected chi connectivity index (χ0v) is 6.62. The number of hydrogen-bond acceptors (Lipinski definition) is 3. The quantitative estimate of drug-likeness (QED) is 0.552. The first-order valence-electron chi connectivity index (χ1n) is 3.90. The Labute approximate surface area is 65.4 Å². The van der Waals surface area contributed by atoms with Crippen molar-refractivity contribution in [2.75, 3.05) is 0 Å². The van der Waals surface area contributed by atoms with Crippen LogP contribution in [0.1, 0.15) is 17.8 Å². The summed E-state index contributed by atoms with van der Waals surface area (Å²) >= 11 is 0. The Morgan fingerprint density at radius 3 is 3.27 bits per heavy atom. The summed E-state index contributed by atoms with van der Waals surface area (Å²) in [5, 5.41) is 7.99. The van der Waals surface area contributed by atoms with Crippen molar-refractivity contribution < 1.29 is 0 Å². The predicted octanol–water partition coefficient (Wildman–Crippen LogP) is -0.369. The highest BCUT2D eigenvalue weighted by atomic mass is 15.4. The molecule has 0 amide bonds. The largest absolute Gasteiger partial charge is 0.327 e. The average molecular weight is 152 g/mol. The molecule has 60 valence electrons. The van der Waals surface area contributed by atoms with Crippen LogP contribution < -0.4 is 5.73 Å². The van der Waals surface area contributed by atoms with E-state index in [4.69, 9.17) is 5.73 Å². The van der Waals surface area contributed by atoms with Crippen molar-refractivity contribution in [3.05, 3.63) is 11.4 Å². The second-order valence-corrected chi connectivity index (χ2v) is 3.11. The van der Waals surface area contributed by atoms with Crippen LogP contribution in [0.25, 0.3) is 0 Å². The van der Waals surface area contributed by atoms with Crippen LogP contribution in [0.3, 0.4) is 0 Å². The molecule has 1 aliphatic rings. The first-order chi connectivity index (χ1) is 5.27. The van der Waals surface area contributed by atoms with Crippen molar-refractivity contribution in [1.82, 2.24) is 15.0 Å². The molecule has 0 radical (unpaired) electrons. The van der Waals surface area contributed by atoms with Gasteiger partial charge < -0.3 is 5.73 Å². The summed E-state index contributed by atoms with van der Waals surface area (Å²) in [4.78, 5) is 0. The van der Waals surface area contributed by atoms with Gasteiger partial charge in [-0.15, -0.1) is 5.10 Å². The van der Waals surface area contributed by atoms with E-state index in [9.17, 15) is 0 Å². The van der Waals surface area contributed by atoms with Crippen molar-refractivity contribution >= 4 is 0 Å². The van der Waals surface area contributed by atoms with E-state index in [1.807, 2.05) is 11.7 Å². The van der Waals surface area contributed by atoms with Crippen LogP contribution in [0.4, 0.5) is 0 Å². The topological polar surface area (TPSA) is 56.7 Å². The summed E-state index contributed by atoms with van der Waals surface area (Å²) in [6, 6.07) is 0.305. The number of hydrogen-bond donors (Lipinski definition) is 1. The number of aryl methyl sites for hydroxylation is 2. The van der Waals surface area contributed by atoms with Gasteiger partial charge in [0.2, 0.25) is 0 Å². The van der Waals surface area contributed by atoms with Gasteiger partial charge in [-0.3, -0.25) is 4.68 Å². The van der Waals surface area contributed by atoms with E-state index in [1.165, 1.54) is 5.69 Å². The van der Waals surface area contributed by atoms with Gasteiger partial charge in [-0.05, 0) is 12.8 Å². The first-order valence-corrected chi connectivity index (χ1v) is 3.90. The van der Waals surface area contributed by atoms with E-state index in [-0.39, 0.29) is 0 Å². The molecule has 1 aromatic rings. The molecule has 2 rings (SSSR count). The molecule has 0 saturated heterocycles. The minimum absolute atomic E-state index is 0.305. The van der Waals surface area contributed by atoms with E-state index in [0.29, 0.717) is 6.04 Å². The maximum absolute atomic E-state index is 5.81. The molecule has 1 atom stereocenters. The van der Waals surface area contributed by atoms with Crippen molar-refractivity contribution in [1.29, 1.82) is 0 Å². The predicted molar refractivity (Wildman–Crippen MR) is 41.0 cm³/mol. The Balaban J connectivity index is 2.37. The molecule has 4 heteroatoms. The number of aromatic nitrogens is 3. The smallest absolute Gasteiger partial charge is 0.0860 e. The molecule has 1 aromatic heterocycles. The van der Waals surface area contributed by atoms with Crippen LogP contribution in [-0.2, 0) is 19.9 Å². The Hall–Kier alpha value is -0.900. The highest BCUT2D eigenvalue weighted by Crippen LogP contribution is 2.16. The fourth-order valence-electron chi connectivity index (χ4n) is 1.54. The SMILES string of the molecule is Cn1nnc2c1C[C@H](N)CC2. The van der Waals surface area contributed by atoms with E-state index in [2.05, 4.69) is 10.3 Å². The summed E-state index contributed by atoms with van der Waals surface area (Å²) in [5.41, 5.74) is 8.15. The summed E-state index contributed by atoms with van der Waals surface area (Å²) in [6.45, 7) is 0. The molecule has 4 nitrogen and oxygen atoms in total. The second kappa shape index (κ2) is 2.30. The Kier molecular flexibility index (Phi) is 1.42. The Morgan fingerprint density at radius 2 is 2.45 bits per heavy atom. The average Bonchev–Trinajstić information content (AvgIpc) is 2.33. The molecule has 1 heterocycles. The lowest BCUT2D eigenvalue weighted by molar-refractivity contribution is 0.546. The van der Waals surface area contributed by atoms with Gasteiger partial charge in [0.25, 0.3) is 0 Å². The number of nitrogens with zero attached hydrogens (tertiary/aromatic N) is 3. The van der Waals surface area contributed by atoms with Gasteiger partial charge in [-0.25, -0.2) is 0 Å². The van der Waals surface area contributed by atoms with Gasteiger partial charge in [0.15, 0.2) is 0 Å². The molecular weight excluding hydrogens is 140 g/mol. The van der Waals surface area contributed by atoms with Gasteiger partial charge in [0.05, 0.1) is 11.4 Å². The number of nitrogens with two attached hydrogens (primary N) is 1. The van der Waals surface area contributed by atoms with E-state index < -0.39 is 0 Å². The van der Waals surface area contributed by atoms with Crippen LogP contribution in [-0.4, -0.2) is 21.0 Å². The zero-order valence-electron chi connectivity index (χ0n) is 6.62. The second-order valence-electron chi connectivity index (χ2n) is 3.11. The third kappa shape index (κ3) is 1.03. The van der Waals surface area contributed by atoms with Gasteiger partial charge in [-0.1, -0.05) is 5.21 Å². The van der Waals surface area contributed by atoms with E-state index in [1.54, 1.807) is 0 Å². The van der Waals surface area contributed by atoms with Crippen molar-refractivity contribution in [3.8, 4) is 0 Å². The van der Waals surface area contributed by atoms with Gasteiger partial charge >= 0.3 is 0 Å². The fraction of sp³-hybridized carbons (Fsp3) is 0.714. The van der Waals surface area contributed by atoms with Gasteiger partial charge in [-0.2, -0.15) is 0 Å².